The maximum absolute atomic E-state index is 14.5. The molecule has 0 amide bonds. The number of halogens is 1. The average Bonchev–Trinajstić information content (AvgIpc) is 3.54. The van der Waals surface area contributed by atoms with Crippen molar-refractivity contribution in [1.82, 2.24) is 19.3 Å². The molecule has 3 heterocycles. The molecule has 9 nitrogen and oxygen atoms in total. The fourth-order valence-corrected chi connectivity index (χ4v) is 4.56. The van der Waals surface area contributed by atoms with Crippen LogP contribution >= 0.6 is 11.3 Å². The van der Waals surface area contributed by atoms with Crippen LogP contribution in [0, 0.1) is 5.82 Å². The number of hydrogen-bond acceptors (Lipinski definition) is 8. The third kappa shape index (κ3) is 3.99. The summed E-state index contributed by atoms with van der Waals surface area (Å²) in [7, 11) is 1.53. The predicted molar refractivity (Wildman–Crippen MR) is 128 cm³/mol. The van der Waals surface area contributed by atoms with Crippen molar-refractivity contribution < 1.29 is 18.4 Å². The Kier molecular flexibility index (Phi) is 5.91. The van der Waals surface area contributed by atoms with E-state index in [0.717, 1.165) is 4.57 Å². The fourth-order valence-electron chi connectivity index (χ4n) is 3.74. The van der Waals surface area contributed by atoms with Gasteiger partial charge in [-0.15, -0.1) is 11.3 Å². The van der Waals surface area contributed by atoms with Crippen LogP contribution in [0.4, 0.5) is 4.39 Å². The molecule has 0 spiro atoms. The first kappa shape index (κ1) is 22.5. The topological polar surface area (TPSA) is 101 Å². The van der Waals surface area contributed by atoms with E-state index in [9.17, 15) is 14.0 Å². The molecule has 0 unspecified atom stereocenters. The highest BCUT2D eigenvalue weighted by Gasteiger charge is 2.20. The molecule has 35 heavy (non-hydrogen) atoms. The number of fused-ring (bicyclic) bond motifs is 1. The van der Waals surface area contributed by atoms with Gasteiger partial charge in [-0.1, -0.05) is 17.3 Å². The van der Waals surface area contributed by atoms with Gasteiger partial charge in [0, 0.05) is 5.56 Å². The second-order valence-electron chi connectivity index (χ2n) is 7.41. The van der Waals surface area contributed by atoms with Crippen molar-refractivity contribution in [3.8, 4) is 28.6 Å². The quantitative estimate of drug-likeness (QED) is 0.339. The Bertz CT molecular complexity index is 1650. The molecule has 0 N–H and O–H groups in total. The van der Waals surface area contributed by atoms with Gasteiger partial charge in [0.1, 0.15) is 17.1 Å². The van der Waals surface area contributed by atoms with Gasteiger partial charge in [0.15, 0.2) is 11.5 Å². The SMILES string of the molecule is CCOc1ccc(-c2noc(Cn3c(=O)n(-c4ccccc4F)c(=O)c4sccc43)n2)cc1OC. The van der Waals surface area contributed by atoms with Gasteiger partial charge in [-0.25, -0.2) is 13.8 Å². The van der Waals surface area contributed by atoms with Crippen LogP contribution in [0.15, 0.2) is 68.0 Å². The Labute approximate surface area is 201 Å². The summed E-state index contributed by atoms with van der Waals surface area (Å²) in [6.07, 6.45) is 0. The molecule has 0 saturated heterocycles. The van der Waals surface area contributed by atoms with Crippen LogP contribution in [0.1, 0.15) is 12.8 Å². The first-order chi connectivity index (χ1) is 17.0. The third-order valence-corrected chi connectivity index (χ3v) is 6.22. The third-order valence-electron chi connectivity index (χ3n) is 5.33. The molecule has 0 radical (unpaired) electrons. The largest absolute Gasteiger partial charge is 0.493 e. The molecule has 5 rings (SSSR count). The second-order valence-corrected chi connectivity index (χ2v) is 8.32. The van der Waals surface area contributed by atoms with E-state index in [0.29, 0.717) is 39.7 Å². The summed E-state index contributed by atoms with van der Waals surface area (Å²) in [4.78, 5) is 30.8. The minimum absolute atomic E-state index is 0.109. The lowest BCUT2D eigenvalue weighted by Gasteiger charge is -2.11. The van der Waals surface area contributed by atoms with E-state index in [2.05, 4.69) is 10.1 Å². The number of para-hydroxylation sites is 1. The molecule has 5 aromatic rings. The average molecular weight is 495 g/mol. The first-order valence-electron chi connectivity index (χ1n) is 10.6. The number of thiophene rings is 1. The first-order valence-corrected chi connectivity index (χ1v) is 11.5. The van der Waals surface area contributed by atoms with E-state index < -0.39 is 17.1 Å². The zero-order valence-corrected chi connectivity index (χ0v) is 19.5. The second kappa shape index (κ2) is 9.18. The van der Waals surface area contributed by atoms with Crippen LogP contribution in [0.3, 0.4) is 0 Å². The summed E-state index contributed by atoms with van der Waals surface area (Å²) in [5.74, 6) is 0.853. The molecule has 3 aromatic heterocycles. The number of rotatable bonds is 7. The molecule has 0 aliphatic heterocycles. The number of methoxy groups -OCH3 is 1. The summed E-state index contributed by atoms with van der Waals surface area (Å²) >= 11 is 1.17. The Morgan fingerprint density at radius 2 is 1.94 bits per heavy atom. The van der Waals surface area contributed by atoms with Crippen LogP contribution in [-0.4, -0.2) is 33.0 Å². The summed E-state index contributed by atoms with van der Waals surface area (Å²) in [6.45, 7) is 2.26. The minimum Gasteiger partial charge on any atom is -0.493 e. The molecule has 2 aromatic carbocycles. The lowest BCUT2D eigenvalue weighted by Crippen LogP contribution is -2.39. The number of ether oxygens (including phenoxy) is 2. The van der Waals surface area contributed by atoms with E-state index in [-0.39, 0.29) is 18.1 Å². The van der Waals surface area contributed by atoms with Crippen molar-refractivity contribution in [2.45, 2.75) is 13.5 Å². The number of aromatic nitrogens is 4. The zero-order valence-electron chi connectivity index (χ0n) is 18.7. The zero-order chi connectivity index (χ0) is 24.5. The highest BCUT2D eigenvalue weighted by molar-refractivity contribution is 7.17. The fraction of sp³-hybridized carbons (Fsp3) is 0.167. The number of hydrogen-bond donors (Lipinski definition) is 0. The van der Waals surface area contributed by atoms with Gasteiger partial charge in [-0.3, -0.25) is 9.36 Å². The van der Waals surface area contributed by atoms with Crippen molar-refractivity contribution in [2.75, 3.05) is 13.7 Å². The Hall–Kier alpha value is -4.25. The van der Waals surface area contributed by atoms with Crippen LogP contribution in [0.25, 0.3) is 27.3 Å². The van der Waals surface area contributed by atoms with Gasteiger partial charge in [-0.05, 0) is 48.7 Å². The summed E-state index contributed by atoms with van der Waals surface area (Å²) in [6, 6.07) is 12.5. The molecule has 0 atom stereocenters. The molecule has 0 bridgehead atoms. The van der Waals surface area contributed by atoms with Crippen LogP contribution in [0.2, 0.25) is 0 Å². The van der Waals surface area contributed by atoms with Gasteiger partial charge in [0.2, 0.25) is 11.7 Å². The van der Waals surface area contributed by atoms with Gasteiger partial charge >= 0.3 is 5.69 Å². The number of benzene rings is 2. The maximum atomic E-state index is 14.5. The molecule has 0 saturated carbocycles. The Morgan fingerprint density at radius 1 is 1.11 bits per heavy atom. The number of nitrogens with zero attached hydrogens (tertiary/aromatic N) is 4. The summed E-state index contributed by atoms with van der Waals surface area (Å²) in [5.41, 5.74) is -0.397. The lowest BCUT2D eigenvalue weighted by atomic mass is 10.2. The van der Waals surface area contributed by atoms with E-state index in [1.54, 1.807) is 35.7 Å². The summed E-state index contributed by atoms with van der Waals surface area (Å²) in [5, 5.41) is 5.71. The molecular weight excluding hydrogens is 475 g/mol. The van der Waals surface area contributed by atoms with Crippen LogP contribution in [-0.2, 0) is 6.54 Å². The smallest absolute Gasteiger partial charge is 0.336 e. The Balaban J connectivity index is 1.57. The van der Waals surface area contributed by atoms with Gasteiger partial charge in [0.25, 0.3) is 5.56 Å². The molecule has 0 aliphatic rings. The van der Waals surface area contributed by atoms with E-state index >= 15 is 0 Å². The maximum Gasteiger partial charge on any atom is 0.336 e. The van der Waals surface area contributed by atoms with Crippen molar-refractivity contribution >= 4 is 21.6 Å². The predicted octanol–water partition coefficient (Wildman–Crippen LogP) is 3.86. The van der Waals surface area contributed by atoms with E-state index in [1.165, 1.54) is 41.2 Å². The molecule has 0 fully saturated rings. The van der Waals surface area contributed by atoms with Crippen molar-refractivity contribution in [3.05, 3.63) is 86.5 Å². The van der Waals surface area contributed by atoms with Crippen molar-refractivity contribution in [3.63, 3.8) is 0 Å². The van der Waals surface area contributed by atoms with Crippen molar-refractivity contribution in [2.24, 2.45) is 0 Å². The van der Waals surface area contributed by atoms with Crippen LogP contribution in [0.5, 0.6) is 11.5 Å². The van der Waals surface area contributed by atoms with E-state index in [4.69, 9.17) is 14.0 Å². The monoisotopic (exact) mass is 494 g/mol. The standard InChI is InChI=1S/C24H19FN4O5S/c1-3-33-18-9-8-14(12-19(18)32-2)22-26-20(34-27-22)13-28-17-10-11-35-21(17)23(30)29(24(28)31)16-7-5-4-6-15(16)25/h4-12H,3,13H2,1-2H3. The van der Waals surface area contributed by atoms with Gasteiger partial charge in [0.05, 0.1) is 24.9 Å². The molecule has 11 heteroatoms. The van der Waals surface area contributed by atoms with Gasteiger partial charge < -0.3 is 14.0 Å². The Morgan fingerprint density at radius 3 is 2.71 bits per heavy atom. The summed E-state index contributed by atoms with van der Waals surface area (Å²) < 4.78 is 33.2. The van der Waals surface area contributed by atoms with Gasteiger partial charge in [-0.2, -0.15) is 4.98 Å². The lowest BCUT2D eigenvalue weighted by molar-refractivity contribution is 0.311. The van der Waals surface area contributed by atoms with Crippen LogP contribution < -0.4 is 20.7 Å². The normalized spacial score (nSPS) is 11.2. The highest BCUT2D eigenvalue weighted by Crippen LogP contribution is 2.31. The van der Waals surface area contributed by atoms with Crippen molar-refractivity contribution in [1.29, 1.82) is 0 Å². The molecular formula is C24H19FN4O5S. The molecule has 0 aliphatic carbocycles. The highest BCUT2D eigenvalue weighted by atomic mass is 32.1. The minimum atomic E-state index is -0.714. The van der Waals surface area contributed by atoms with E-state index in [1.807, 2.05) is 6.92 Å². The molecule has 178 valence electrons.